The summed E-state index contributed by atoms with van der Waals surface area (Å²) in [6, 6.07) is 14.0. The number of nitrogens with one attached hydrogen (secondary N) is 1. The molecule has 0 saturated carbocycles. The molecule has 2 aromatic carbocycles. The molecule has 1 N–H and O–H groups in total. The highest BCUT2D eigenvalue weighted by Crippen LogP contribution is 2.33. The average Bonchev–Trinajstić information content (AvgIpc) is 2.93. The van der Waals surface area contributed by atoms with Gasteiger partial charge >= 0.3 is 0 Å². The van der Waals surface area contributed by atoms with E-state index in [0.29, 0.717) is 28.1 Å². The smallest absolute Gasteiger partial charge is 0.262 e. The number of sulfonamides is 1. The third-order valence-corrected chi connectivity index (χ3v) is 5.21. The molecule has 1 heterocycles. The topological polar surface area (TPSA) is 74.9 Å². The van der Waals surface area contributed by atoms with Crippen molar-refractivity contribution >= 4 is 32.4 Å². The zero-order valence-corrected chi connectivity index (χ0v) is 16.0. The first kappa shape index (κ1) is 18.0. The predicted molar refractivity (Wildman–Crippen MR) is 104 cm³/mol. The van der Waals surface area contributed by atoms with Crippen molar-refractivity contribution in [1.82, 2.24) is 5.01 Å². The Balaban J connectivity index is 2.13. The fourth-order valence-electron chi connectivity index (χ4n) is 2.66. The second-order valence-corrected chi connectivity index (χ2v) is 7.94. The number of nitrogens with zero attached hydrogens (tertiary/aromatic N) is 2. The van der Waals surface area contributed by atoms with Crippen LogP contribution in [-0.4, -0.2) is 33.2 Å². The average molecular weight is 371 g/mol. The van der Waals surface area contributed by atoms with E-state index in [-0.39, 0.29) is 4.90 Å². The minimum absolute atomic E-state index is 0.196. The largest absolute Gasteiger partial charge is 0.452 e. The van der Waals surface area contributed by atoms with E-state index in [1.54, 1.807) is 56.4 Å². The van der Waals surface area contributed by atoms with E-state index in [4.69, 9.17) is 4.42 Å². The van der Waals surface area contributed by atoms with E-state index < -0.39 is 10.0 Å². The van der Waals surface area contributed by atoms with Gasteiger partial charge in [0.15, 0.2) is 5.76 Å². The van der Waals surface area contributed by atoms with Crippen LogP contribution in [0.5, 0.6) is 0 Å². The van der Waals surface area contributed by atoms with Crippen molar-refractivity contribution in [2.45, 2.75) is 18.7 Å². The normalized spacial score (nSPS) is 12.4. The summed E-state index contributed by atoms with van der Waals surface area (Å²) in [6.45, 7) is 3.69. The zero-order valence-electron chi connectivity index (χ0n) is 15.1. The van der Waals surface area contributed by atoms with Crippen LogP contribution in [0.25, 0.3) is 11.0 Å². The zero-order chi connectivity index (χ0) is 18.9. The lowest BCUT2D eigenvalue weighted by atomic mass is 10.2. The summed E-state index contributed by atoms with van der Waals surface area (Å²) in [5.41, 5.74) is 2.56. The highest BCUT2D eigenvalue weighted by atomic mass is 32.2. The van der Waals surface area contributed by atoms with Crippen LogP contribution < -0.4 is 4.72 Å². The number of hydrogen-bond acceptors (Lipinski definition) is 5. The highest BCUT2D eigenvalue weighted by molar-refractivity contribution is 7.92. The molecule has 0 fully saturated rings. The van der Waals surface area contributed by atoms with Gasteiger partial charge in [0.25, 0.3) is 10.0 Å². The van der Waals surface area contributed by atoms with Crippen LogP contribution in [0, 0.1) is 6.92 Å². The first-order valence-corrected chi connectivity index (χ1v) is 9.60. The van der Waals surface area contributed by atoms with Crippen LogP contribution in [0.4, 0.5) is 5.69 Å². The molecule has 6 nitrogen and oxygen atoms in total. The third-order valence-electron chi connectivity index (χ3n) is 3.84. The molecule has 0 bridgehead atoms. The van der Waals surface area contributed by atoms with Gasteiger partial charge < -0.3 is 9.43 Å². The third kappa shape index (κ3) is 3.57. The number of rotatable bonds is 5. The van der Waals surface area contributed by atoms with Gasteiger partial charge in [-0.25, -0.2) is 8.42 Å². The van der Waals surface area contributed by atoms with Gasteiger partial charge in [-0.3, -0.25) is 4.72 Å². The Bertz CT molecular complexity index is 1070. The lowest BCUT2D eigenvalue weighted by Gasteiger charge is -2.10. The first-order valence-electron chi connectivity index (χ1n) is 8.12. The first-order chi connectivity index (χ1) is 12.3. The molecule has 3 aromatic rings. The Kier molecular flexibility index (Phi) is 4.73. The number of aryl methyl sites for hydroxylation is 1. The molecular weight excluding hydrogens is 350 g/mol. The quantitative estimate of drug-likeness (QED) is 0.546. The second-order valence-electron chi connectivity index (χ2n) is 6.25. The van der Waals surface area contributed by atoms with Crippen LogP contribution in [0.2, 0.25) is 0 Å². The maximum Gasteiger partial charge on any atom is 0.262 e. The van der Waals surface area contributed by atoms with Crippen molar-refractivity contribution in [3.63, 3.8) is 0 Å². The summed E-state index contributed by atoms with van der Waals surface area (Å²) < 4.78 is 34.3. The lowest BCUT2D eigenvalue weighted by Crippen LogP contribution is -2.15. The van der Waals surface area contributed by atoms with Crippen LogP contribution in [0.3, 0.4) is 0 Å². The van der Waals surface area contributed by atoms with Crippen molar-refractivity contribution in [2.75, 3.05) is 18.8 Å². The van der Waals surface area contributed by atoms with E-state index >= 15 is 0 Å². The van der Waals surface area contributed by atoms with Crippen molar-refractivity contribution in [3.05, 3.63) is 59.9 Å². The maximum atomic E-state index is 12.8. The molecule has 3 rings (SSSR count). The SMILES string of the molecule is C/C(=N\N(C)C)c1oc2ccccc2c1NS(=O)(=O)c1ccc(C)cc1. The summed E-state index contributed by atoms with van der Waals surface area (Å²) in [6.07, 6.45) is 0. The molecule has 0 radical (unpaired) electrons. The van der Waals surface area contributed by atoms with Gasteiger partial charge in [-0.05, 0) is 38.1 Å². The van der Waals surface area contributed by atoms with E-state index in [2.05, 4.69) is 9.82 Å². The number of fused-ring (bicyclic) bond motifs is 1. The standard InChI is InChI=1S/C19H21N3O3S/c1-13-9-11-15(12-10-13)26(23,24)21-18-16-7-5-6-8-17(16)25-19(18)14(2)20-22(3)4/h5-12,21H,1-4H3/b20-14+. The number of benzene rings is 2. The monoisotopic (exact) mass is 371 g/mol. The van der Waals surface area contributed by atoms with Gasteiger partial charge in [0.2, 0.25) is 0 Å². The van der Waals surface area contributed by atoms with Crippen LogP contribution >= 0.6 is 0 Å². The molecule has 0 aliphatic heterocycles. The molecule has 0 saturated heterocycles. The molecule has 0 aliphatic rings. The lowest BCUT2D eigenvalue weighted by molar-refractivity contribution is 0.435. The number of para-hydroxylation sites is 1. The summed E-state index contributed by atoms with van der Waals surface area (Å²) in [7, 11) is -0.167. The second kappa shape index (κ2) is 6.84. The summed E-state index contributed by atoms with van der Waals surface area (Å²) in [4.78, 5) is 0.196. The Hall–Kier alpha value is -2.80. The van der Waals surface area contributed by atoms with Gasteiger partial charge in [-0.15, -0.1) is 0 Å². The van der Waals surface area contributed by atoms with Crippen molar-refractivity contribution < 1.29 is 12.8 Å². The fraction of sp³-hybridized carbons (Fsp3) is 0.211. The molecule has 0 atom stereocenters. The van der Waals surface area contributed by atoms with E-state index in [1.807, 2.05) is 25.1 Å². The predicted octanol–water partition coefficient (Wildman–Crippen LogP) is 3.83. The number of hydrogen-bond donors (Lipinski definition) is 1. The molecule has 1 aromatic heterocycles. The fourth-order valence-corrected chi connectivity index (χ4v) is 3.74. The maximum absolute atomic E-state index is 12.8. The van der Waals surface area contributed by atoms with Gasteiger partial charge in [-0.1, -0.05) is 29.8 Å². The van der Waals surface area contributed by atoms with Crippen LogP contribution in [-0.2, 0) is 10.0 Å². The molecular formula is C19H21N3O3S. The van der Waals surface area contributed by atoms with Gasteiger partial charge in [0.05, 0.1) is 4.90 Å². The van der Waals surface area contributed by atoms with Gasteiger partial charge in [0.1, 0.15) is 17.0 Å². The molecule has 0 aliphatic carbocycles. The summed E-state index contributed by atoms with van der Waals surface area (Å²) in [5.74, 6) is 0.399. The Morgan fingerprint density at radius 3 is 2.38 bits per heavy atom. The minimum Gasteiger partial charge on any atom is -0.452 e. The van der Waals surface area contributed by atoms with E-state index in [9.17, 15) is 8.42 Å². The Labute approximate surface area is 153 Å². The number of anilines is 1. The van der Waals surface area contributed by atoms with Gasteiger partial charge in [-0.2, -0.15) is 5.10 Å². The highest BCUT2D eigenvalue weighted by Gasteiger charge is 2.22. The number of furan rings is 1. The molecule has 0 amide bonds. The molecule has 0 unspecified atom stereocenters. The molecule has 0 spiro atoms. The van der Waals surface area contributed by atoms with Gasteiger partial charge in [0, 0.05) is 19.5 Å². The van der Waals surface area contributed by atoms with Crippen molar-refractivity contribution in [3.8, 4) is 0 Å². The summed E-state index contributed by atoms with van der Waals surface area (Å²) in [5, 5.41) is 6.67. The molecule has 26 heavy (non-hydrogen) atoms. The van der Waals surface area contributed by atoms with E-state index in [0.717, 1.165) is 5.56 Å². The Morgan fingerprint density at radius 1 is 1.08 bits per heavy atom. The van der Waals surface area contributed by atoms with Crippen LogP contribution in [0.15, 0.2) is 62.9 Å². The number of hydrazone groups is 1. The Morgan fingerprint density at radius 2 is 1.73 bits per heavy atom. The van der Waals surface area contributed by atoms with E-state index in [1.165, 1.54) is 0 Å². The van der Waals surface area contributed by atoms with Crippen molar-refractivity contribution in [2.24, 2.45) is 5.10 Å². The van der Waals surface area contributed by atoms with Crippen LogP contribution in [0.1, 0.15) is 18.2 Å². The minimum atomic E-state index is -3.75. The van der Waals surface area contributed by atoms with Crippen molar-refractivity contribution in [1.29, 1.82) is 0 Å². The molecule has 136 valence electrons. The molecule has 7 heteroatoms. The summed E-state index contributed by atoms with van der Waals surface area (Å²) >= 11 is 0.